The Hall–Kier alpha value is -5.74. The number of carbonyl (C=O) groups excluding carboxylic acids is 2. The average molecular weight is 629 g/mol. The molecule has 0 fully saturated rings. The van der Waals surface area contributed by atoms with E-state index in [9.17, 15) is 9.59 Å². The van der Waals surface area contributed by atoms with Gasteiger partial charge in [-0.15, -0.1) is 0 Å². The average Bonchev–Trinajstić information content (AvgIpc) is 3.15. The van der Waals surface area contributed by atoms with Gasteiger partial charge >= 0.3 is 11.9 Å². The number of carbonyl (C=O) groups is 2. The first-order chi connectivity index (χ1) is 23.5. The molecule has 6 aromatic carbocycles. The predicted octanol–water partition coefficient (Wildman–Crippen LogP) is 10.0. The Labute approximate surface area is 281 Å². The molecule has 0 N–H and O–H groups in total. The van der Waals surface area contributed by atoms with Gasteiger partial charge < -0.3 is 9.47 Å². The fourth-order valence-electron chi connectivity index (χ4n) is 6.86. The van der Waals surface area contributed by atoms with Crippen molar-refractivity contribution in [2.24, 2.45) is 0 Å². The van der Waals surface area contributed by atoms with E-state index in [0.29, 0.717) is 11.1 Å². The van der Waals surface area contributed by atoms with Crippen LogP contribution in [0.2, 0.25) is 0 Å². The van der Waals surface area contributed by atoms with E-state index < -0.39 is 30.1 Å². The molecule has 4 heteroatoms. The van der Waals surface area contributed by atoms with Gasteiger partial charge in [-0.3, -0.25) is 0 Å². The molecule has 1 aliphatic carbocycles. The van der Waals surface area contributed by atoms with E-state index in [0.717, 1.165) is 44.5 Å². The lowest BCUT2D eigenvalue weighted by Gasteiger charge is -2.43. The van der Waals surface area contributed by atoms with Crippen molar-refractivity contribution in [3.8, 4) is 22.3 Å². The number of rotatable bonds is 7. The van der Waals surface area contributed by atoms with Gasteiger partial charge in [-0.2, -0.15) is 0 Å². The molecular formula is C44H36O4. The minimum Gasteiger partial charge on any atom is -0.454 e. The van der Waals surface area contributed by atoms with Crippen LogP contribution in [-0.4, -0.2) is 24.1 Å². The molecule has 0 bridgehead atoms. The van der Waals surface area contributed by atoms with Crippen LogP contribution in [0, 0.1) is 6.92 Å². The first-order valence-corrected chi connectivity index (χ1v) is 16.4. The van der Waals surface area contributed by atoms with E-state index in [-0.39, 0.29) is 5.92 Å². The molecule has 236 valence electrons. The number of hydrogen-bond acceptors (Lipinski definition) is 4. The first kappa shape index (κ1) is 30.9. The van der Waals surface area contributed by atoms with Gasteiger partial charge in [-0.25, -0.2) is 9.59 Å². The summed E-state index contributed by atoms with van der Waals surface area (Å²) in [7, 11) is 0. The number of esters is 2. The minimum absolute atomic E-state index is 0.264. The standard InChI is InChI=1S/C44H36O4/c1-29-23-24-35(31-15-7-3-8-16-31)27-38(29)40-39-28-36(32-17-9-4-10-18-32)25-26-37(39)30(2)41(47-43(45)33-19-11-5-12-20-33)42(40)48-44(46)34-21-13-6-14-22-34/h3-28,30,40-42H,1-2H3/t30?,40-,41?,42?/m0/s1. The van der Waals surface area contributed by atoms with E-state index in [4.69, 9.17) is 9.47 Å². The van der Waals surface area contributed by atoms with E-state index >= 15 is 0 Å². The van der Waals surface area contributed by atoms with Crippen molar-refractivity contribution in [1.82, 2.24) is 0 Å². The third-order valence-corrected chi connectivity index (χ3v) is 9.39. The number of fused-ring (bicyclic) bond motifs is 1. The third-order valence-electron chi connectivity index (χ3n) is 9.39. The van der Waals surface area contributed by atoms with Crippen LogP contribution in [0.15, 0.2) is 158 Å². The van der Waals surface area contributed by atoms with Gasteiger partial charge in [-0.05, 0) is 75.7 Å². The Morgan fingerprint density at radius 1 is 0.458 bits per heavy atom. The van der Waals surface area contributed by atoms with Gasteiger partial charge in [0.1, 0.15) is 6.10 Å². The predicted molar refractivity (Wildman–Crippen MR) is 190 cm³/mol. The molecule has 1 aliphatic rings. The van der Waals surface area contributed by atoms with Crippen LogP contribution >= 0.6 is 0 Å². The summed E-state index contributed by atoms with van der Waals surface area (Å²) in [6.45, 7) is 4.14. The highest BCUT2D eigenvalue weighted by Gasteiger charge is 2.47. The molecule has 0 aromatic heterocycles. The number of aryl methyl sites for hydroxylation is 1. The molecule has 0 aliphatic heterocycles. The van der Waals surface area contributed by atoms with Gasteiger partial charge in [0.25, 0.3) is 0 Å². The zero-order valence-corrected chi connectivity index (χ0v) is 27.0. The Morgan fingerprint density at radius 2 is 0.896 bits per heavy atom. The van der Waals surface area contributed by atoms with Crippen molar-refractivity contribution >= 4 is 11.9 Å². The van der Waals surface area contributed by atoms with E-state index in [1.807, 2.05) is 72.8 Å². The molecule has 3 unspecified atom stereocenters. The van der Waals surface area contributed by atoms with Crippen LogP contribution in [0.25, 0.3) is 22.3 Å². The fraction of sp³-hybridized carbons (Fsp3) is 0.136. The SMILES string of the molecule is Cc1ccc(-c2ccccc2)cc1[C@H]1c2cc(-c3ccccc3)ccc2C(C)C(OC(=O)c2ccccc2)C1OC(=O)c1ccccc1. The quantitative estimate of drug-likeness (QED) is 0.165. The van der Waals surface area contributed by atoms with Crippen molar-refractivity contribution < 1.29 is 19.1 Å². The molecule has 7 rings (SSSR count). The van der Waals surface area contributed by atoms with Gasteiger partial charge in [0.05, 0.1) is 17.0 Å². The molecule has 6 aromatic rings. The van der Waals surface area contributed by atoms with Gasteiger partial charge in [-0.1, -0.05) is 140 Å². The maximum Gasteiger partial charge on any atom is 0.338 e. The molecule has 4 nitrogen and oxygen atoms in total. The van der Waals surface area contributed by atoms with Crippen LogP contribution < -0.4 is 0 Å². The maximum absolute atomic E-state index is 13.9. The lowest BCUT2D eigenvalue weighted by molar-refractivity contribution is -0.0532. The monoisotopic (exact) mass is 628 g/mol. The van der Waals surface area contributed by atoms with Crippen molar-refractivity contribution in [3.63, 3.8) is 0 Å². The van der Waals surface area contributed by atoms with Crippen LogP contribution in [0.5, 0.6) is 0 Å². The molecule has 48 heavy (non-hydrogen) atoms. The minimum atomic E-state index is -0.816. The number of ether oxygens (including phenoxy) is 2. The van der Waals surface area contributed by atoms with Crippen molar-refractivity contribution in [3.05, 3.63) is 191 Å². The van der Waals surface area contributed by atoms with Crippen LogP contribution in [0.3, 0.4) is 0 Å². The van der Waals surface area contributed by atoms with Crippen molar-refractivity contribution in [2.45, 2.75) is 37.9 Å². The largest absolute Gasteiger partial charge is 0.454 e. The van der Waals surface area contributed by atoms with Crippen LogP contribution in [0.4, 0.5) is 0 Å². The topological polar surface area (TPSA) is 52.6 Å². The maximum atomic E-state index is 13.9. The zero-order chi connectivity index (χ0) is 33.0. The number of hydrogen-bond donors (Lipinski definition) is 0. The summed E-state index contributed by atoms with van der Waals surface area (Å²) in [4.78, 5) is 27.6. The second-order valence-corrected chi connectivity index (χ2v) is 12.4. The summed E-state index contributed by atoms with van der Waals surface area (Å²) in [5.41, 5.74) is 9.37. The lowest BCUT2D eigenvalue weighted by atomic mass is 9.69. The van der Waals surface area contributed by atoms with Crippen LogP contribution in [-0.2, 0) is 9.47 Å². The molecule has 0 amide bonds. The molecule has 4 atom stereocenters. The first-order valence-electron chi connectivity index (χ1n) is 16.4. The second-order valence-electron chi connectivity index (χ2n) is 12.4. The summed E-state index contributed by atoms with van der Waals surface area (Å²) >= 11 is 0. The summed E-state index contributed by atoms with van der Waals surface area (Å²) in [5, 5.41) is 0. The Bertz CT molecular complexity index is 2040. The summed E-state index contributed by atoms with van der Waals surface area (Å²) < 4.78 is 13.0. The summed E-state index contributed by atoms with van der Waals surface area (Å²) in [6, 6.07) is 51.4. The van der Waals surface area contributed by atoms with Gasteiger partial charge in [0, 0.05) is 5.92 Å². The Kier molecular flexibility index (Phi) is 8.72. The molecular weight excluding hydrogens is 592 g/mol. The molecule has 0 heterocycles. The highest BCUT2D eigenvalue weighted by Crippen LogP contribution is 2.48. The molecule has 0 radical (unpaired) electrons. The smallest absolute Gasteiger partial charge is 0.338 e. The highest BCUT2D eigenvalue weighted by molar-refractivity contribution is 5.90. The van der Waals surface area contributed by atoms with E-state index in [1.165, 1.54) is 0 Å². The van der Waals surface area contributed by atoms with Gasteiger partial charge in [0.2, 0.25) is 0 Å². The van der Waals surface area contributed by atoms with E-state index in [2.05, 4.69) is 74.5 Å². The van der Waals surface area contributed by atoms with Crippen molar-refractivity contribution in [1.29, 1.82) is 0 Å². The highest BCUT2D eigenvalue weighted by atomic mass is 16.6. The Morgan fingerprint density at radius 3 is 1.42 bits per heavy atom. The molecule has 0 spiro atoms. The fourth-order valence-corrected chi connectivity index (χ4v) is 6.86. The zero-order valence-electron chi connectivity index (χ0n) is 27.0. The van der Waals surface area contributed by atoms with E-state index in [1.54, 1.807) is 24.3 Å². The second kappa shape index (κ2) is 13.5. The summed E-state index contributed by atoms with van der Waals surface area (Å²) in [6.07, 6.45) is -1.58. The third kappa shape index (κ3) is 6.17. The molecule has 0 saturated heterocycles. The normalized spacial score (nSPS) is 18.4. The lowest BCUT2D eigenvalue weighted by Crippen LogP contribution is -2.47. The van der Waals surface area contributed by atoms with Crippen molar-refractivity contribution in [2.75, 3.05) is 0 Å². The van der Waals surface area contributed by atoms with Gasteiger partial charge in [0.15, 0.2) is 6.10 Å². The summed E-state index contributed by atoms with van der Waals surface area (Å²) in [5.74, 6) is -1.60. The van der Waals surface area contributed by atoms with Crippen LogP contribution in [0.1, 0.15) is 61.7 Å². The molecule has 0 saturated carbocycles. The Balaban J connectivity index is 1.43. The number of benzene rings is 6.